The Morgan fingerprint density at radius 1 is 1.25 bits per heavy atom. The lowest BCUT2D eigenvalue weighted by Gasteiger charge is -2.13. The Morgan fingerprint density at radius 3 is 2.75 bits per heavy atom. The first-order valence-electron chi connectivity index (χ1n) is 8.88. The summed E-state index contributed by atoms with van der Waals surface area (Å²) in [4.78, 5) is 21.6. The van der Waals surface area contributed by atoms with Gasteiger partial charge < -0.3 is 14.8 Å². The van der Waals surface area contributed by atoms with E-state index >= 15 is 0 Å². The lowest BCUT2D eigenvalue weighted by Crippen LogP contribution is -2.19. The number of nitrogens with one attached hydrogen (secondary N) is 1. The summed E-state index contributed by atoms with van der Waals surface area (Å²) in [5.74, 6) is -0.934. The van der Waals surface area contributed by atoms with Gasteiger partial charge in [0.1, 0.15) is 12.4 Å². The van der Waals surface area contributed by atoms with Crippen molar-refractivity contribution in [3.63, 3.8) is 0 Å². The molecule has 1 aromatic heterocycles. The molecule has 2 heterocycles. The van der Waals surface area contributed by atoms with Crippen molar-refractivity contribution in [3.05, 3.63) is 59.0 Å². The molecule has 6 nitrogen and oxygen atoms in total. The average Bonchev–Trinajstić information content (AvgIpc) is 3.22. The fraction of sp³-hybridized carbons (Fsp3) is 0.250. The number of aromatic nitrogens is 2. The third-order valence-corrected chi connectivity index (χ3v) is 4.66. The number of hydrogen-bond acceptors (Lipinski definition) is 6. The van der Waals surface area contributed by atoms with Crippen molar-refractivity contribution in [2.24, 2.45) is 0 Å². The van der Waals surface area contributed by atoms with Crippen LogP contribution in [0.15, 0.2) is 42.5 Å². The van der Waals surface area contributed by atoms with Crippen molar-refractivity contribution >= 4 is 40.1 Å². The highest BCUT2D eigenvalue weighted by Gasteiger charge is 2.22. The second-order valence-electron chi connectivity index (χ2n) is 6.40. The Morgan fingerprint density at radius 2 is 2.04 bits per heavy atom. The molecule has 1 saturated heterocycles. The number of fused-ring (bicyclic) bond motifs is 1. The predicted molar refractivity (Wildman–Crippen MR) is 103 cm³/mol. The number of ether oxygens (including phenoxy) is 2. The van der Waals surface area contributed by atoms with E-state index in [0.717, 1.165) is 12.8 Å². The number of benzene rings is 2. The van der Waals surface area contributed by atoms with Gasteiger partial charge in [0.25, 0.3) is 0 Å². The minimum absolute atomic E-state index is 0.0390. The molecule has 0 aliphatic carbocycles. The molecule has 0 unspecified atom stereocenters. The zero-order valence-corrected chi connectivity index (χ0v) is 15.6. The van der Waals surface area contributed by atoms with Gasteiger partial charge in [-0.1, -0.05) is 23.7 Å². The van der Waals surface area contributed by atoms with E-state index in [-0.39, 0.29) is 29.2 Å². The minimum Gasteiger partial charge on any atom is -0.458 e. The van der Waals surface area contributed by atoms with Gasteiger partial charge in [0, 0.05) is 12.3 Å². The Kier molecular flexibility index (Phi) is 5.36. The summed E-state index contributed by atoms with van der Waals surface area (Å²) in [6, 6.07) is 11.3. The number of esters is 1. The molecule has 28 heavy (non-hydrogen) atoms. The maximum Gasteiger partial charge on any atom is 0.360 e. The summed E-state index contributed by atoms with van der Waals surface area (Å²) in [6.07, 6.45) is 1.72. The largest absolute Gasteiger partial charge is 0.458 e. The van der Waals surface area contributed by atoms with Crippen molar-refractivity contribution < 1.29 is 18.7 Å². The highest BCUT2D eigenvalue weighted by atomic mass is 35.5. The third-order valence-electron chi connectivity index (χ3n) is 4.37. The van der Waals surface area contributed by atoms with Crippen LogP contribution in [0.25, 0.3) is 11.0 Å². The van der Waals surface area contributed by atoms with Crippen molar-refractivity contribution in [2.45, 2.75) is 18.9 Å². The van der Waals surface area contributed by atoms with Crippen molar-refractivity contribution in [1.82, 2.24) is 9.97 Å². The summed E-state index contributed by atoms with van der Waals surface area (Å²) < 4.78 is 24.3. The zero-order valence-electron chi connectivity index (χ0n) is 14.8. The van der Waals surface area contributed by atoms with E-state index in [1.54, 1.807) is 12.1 Å². The van der Waals surface area contributed by atoms with Crippen LogP contribution in [0.5, 0.6) is 0 Å². The van der Waals surface area contributed by atoms with Gasteiger partial charge >= 0.3 is 5.97 Å². The third kappa shape index (κ3) is 4.05. The van der Waals surface area contributed by atoms with Crippen LogP contribution < -0.4 is 5.32 Å². The van der Waals surface area contributed by atoms with Crippen LogP contribution in [0.3, 0.4) is 0 Å². The highest BCUT2D eigenvalue weighted by molar-refractivity contribution is 6.31. The number of carbonyl (C=O) groups excluding carboxylic acids is 1. The Bertz CT molecular complexity index is 1020. The van der Waals surface area contributed by atoms with Crippen molar-refractivity contribution in [3.8, 4) is 0 Å². The molecule has 0 radical (unpaired) electrons. The van der Waals surface area contributed by atoms with E-state index in [9.17, 15) is 9.18 Å². The summed E-state index contributed by atoms with van der Waals surface area (Å²) in [5, 5.41) is 2.94. The number of para-hydroxylation sites is 2. The molecule has 0 bridgehead atoms. The van der Waals surface area contributed by atoms with Gasteiger partial charge in [-0.2, -0.15) is 0 Å². The minimum atomic E-state index is -0.607. The second-order valence-corrected chi connectivity index (χ2v) is 6.80. The molecule has 4 rings (SSSR count). The Balaban J connectivity index is 1.65. The first-order chi connectivity index (χ1) is 13.6. The number of carbonyl (C=O) groups is 1. The first-order valence-corrected chi connectivity index (χ1v) is 9.25. The summed E-state index contributed by atoms with van der Waals surface area (Å²) in [6.45, 7) is 0.839. The topological polar surface area (TPSA) is 73.3 Å². The van der Waals surface area contributed by atoms with Crippen LogP contribution in [0.4, 0.5) is 15.9 Å². The lowest BCUT2D eigenvalue weighted by atomic mass is 10.2. The van der Waals surface area contributed by atoms with E-state index in [0.29, 0.717) is 23.3 Å². The monoisotopic (exact) mass is 401 g/mol. The maximum atomic E-state index is 13.4. The van der Waals surface area contributed by atoms with E-state index in [2.05, 4.69) is 15.3 Å². The van der Waals surface area contributed by atoms with E-state index in [4.69, 9.17) is 21.1 Å². The normalized spacial score (nSPS) is 16.3. The van der Waals surface area contributed by atoms with Crippen LogP contribution in [0, 0.1) is 5.82 Å². The van der Waals surface area contributed by atoms with E-state index in [1.165, 1.54) is 18.2 Å². The molecule has 0 spiro atoms. The summed E-state index contributed by atoms with van der Waals surface area (Å²) in [7, 11) is 0. The second kappa shape index (κ2) is 8.08. The average molecular weight is 402 g/mol. The van der Waals surface area contributed by atoms with Gasteiger partial charge in [0.05, 0.1) is 22.2 Å². The fourth-order valence-electron chi connectivity index (χ4n) is 2.95. The molecule has 1 aliphatic rings. The van der Waals surface area contributed by atoms with Crippen LogP contribution in [-0.2, 0) is 9.47 Å². The van der Waals surface area contributed by atoms with Gasteiger partial charge in [-0.15, -0.1) is 0 Å². The van der Waals surface area contributed by atoms with Crippen molar-refractivity contribution in [2.75, 3.05) is 18.5 Å². The quantitative estimate of drug-likeness (QED) is 0.634. The number of anilines is 2. The Hall–Kier alpha value is -2.77. The molecule has 8 heteroatoms. The SMILES string of the molecule is O=C(OC[C@H]1CCCO1)c1nc2ccccc2nc1Nc1ccc(F)c(Cl)c1. The fourth-order valence-corrected chi connectivity index (χ4v) is 3.13. The molecule has 1 N–H and O–H groups in total. The Labute approximate surface area is 165 Å². The van der Waals surface area contributed by atoms with Gasteiger partial charge in [0.15, 0.2) is 11.5 Å². The molecule has 144 valence electrons. The summed E-state index contributed by atoms with van der Waals surface area (Å²) >= 11 is 5.84. The van der Waals surface area contributed by atoms with Gasteiger partial charge in [-0.3, -0.25) is 0 Å². The highest BCUT2D eigenvalue weighted by Crippen LogP contribution is 2.25. The number of hydrogen-bond donors (Lipinski definition) is 1. The molecule has 3 aromatic rings. The van der Waals surface area contributed by atoms with Crippen LogP contribution >= 0.6 is 11.6 Å². The molecule has 0 saturated carbocycles. The van der Waals surface area contributed by atoms with Gasteiger partial charge in [-0.25, -0.2) is 19.2 Å². The van der Waals surface area contributed by atoms with Gasteiger partial charge in [-0.05, 0) is 43.2 Å². The standard InChI is InChI=1S/C20H17ClFN3O3/c21-14-10-12(7-8-15(14)22)23-19-18(20(26)28-11-13-4-3-9-27-13)24-16-5-1-2-6-17(16)25-19/h1-2,5-8,10,13H,3-4,9,11H2,(H,23,25)/t13-/m1/s1. The zero-order chi connectivity index (χ0) is 19.5. The molecular formula is C20H17ClFN3O3. The summed E-state index contributed by atoms with van der Waals surface area (Å²) in [5.41, 5.74) is 1.68. The number of halogens is 2. The smallest absolute Gasteiger partial charge is 0.360 e. The predicted octanol–water partition coefficient (Wildman–Crippen LogP) is 4.50. The van der Waals surface area contributed by atoms with Gasteiger partial charge in [0.2, 0.25) is 0 Å². The number of rotatable bonds is 5. The lowest BCUT2D eigenvalue weighted by molar-refractivity contribution is 0.0157. The molecule has 1 atom stereocenters. The first kappa shape index (κ1) is 18.6. The van der Waals surface area contributed by atoms with Crippen molar-refractivity contribution in [1.29, 1.82) is 0 Å². The maximum absolute atomic E-state index is 13.4. The molecule has 0 amide bonds. The molecule has 2 aromatic carbocycles. The molecule has 1 fully saturated rings. The van der Waals surface area contributed by atoms with E-state index < -0.39 is 11.8 Å². The van der Waals surface area contributed by atoms with Crippen LogP contribution in [-0.4, -0.2) is 35.3 Å². The van der Waals surface area contributed by atoms with Crippen LogP contribution in [0.2, 0.25) is 5.02 Å². The van der Waals surface area contributed by atoms with Crippen LogP contribution in [0.1, 0.15) is 23.3 Å². The van der Waals surface area contributed by atoms with E-state index in [1.807, 2.05) is 12.1 Å². The molecular weight excluding hydrogens is 385 g/mol. The molecule has 1 aliphatic heterocycles. The number of nitrogens with zero attached hydrogens (tertiary/aromatic N) is 2.